The van der Waals surface area contributed by atoms with Crippen molar-refractivity contribution < 1.29 is 4.79 Å². The van der Waals surface area contributed by atoms with Crippen molar-refractivity contribution in [1.29, 1.82) is 0 Å². The van der Waals surface area contributed by atoms with Crippen molar-refractivity contribution in [3.05, 3.63) is 58.5 Å². The molecule has 0 spiro atoms. The molecule has 0 bridgehead atoms. The standard InChI is InChI=1S/C19H24N4O2/c1-15(2)14-21-10-12-22(13-11-21)19(25)17-8-9-18(24)23(20-17)16-6-4-3-5-7-16/h3-9,15H,10-14H2,1-2H3. The predicted octanol–water partition coefficient (Wildman–Crippen LogP) is 1.65. The molecule has 25 heavy (non-hydrogen) atoms. The molecule has 6 nitrogen and oxygen atoms in total. The molecule has 132 valence electrons. The van der Waals surface area contributed by atoms with Gasteiger partial charge in [0.15, 0.2) is 0 Å². The van der Waals surface area contributed by atoms with Crippen LogP contribution in [0.1, 0.15) is 24.3 Å². The summed E-state index contributed by atoms with van der Waals surface area (Å²) >= 11 is 0. The molecule has 0 saturated carbocycles. The maximum atomic E-state index is 12.8. The average Bonchev–Trinajstić information content (AvgIpc) is 2.62. The van der Waals surface area contributed by atoms with Gasteiger partial charge in [0, 0.05) is 38.8 Å². The van der Waals surface area contributed by atoms with E-state index in [0.717, 1.165) is 19.6 Å². The molecule has 0 aliphatic carbocycles. The molecule has 2 heterocycles. The van der Waals surface area contributed by atoms with Crippen molar-refractivity contribution in [2.45, 2.75) is 13.8 Å². The van der Waals surface area contributed by atoms with Crippen LogP contribution < -0.4 is 5.56 Å². The normalized spacial score (nSPS) is 15.6. The van der Waals surface area contributed by atoms with E-state index in [4.69, 9.17) is 0 Å². The molecule has 0 unspecified atom stereocenters. The van der Waals surface area contributed by atoms with Crippen molar-refractivity contribution in [3.8, 4) is 5.69 Å². The number of benzene rings is 1. The van der Waals surface area contributed by atoms with Gasteiger partial charge in [-0.15, -0.1) is 0 Å². The number of amides is 1. The van der Waals surface area contributed by atoms with Crippen LogP contribution in [0, 0.1) is 5.92 Å². The Labute approximate surface area is 147 Å². The number of carbonyl (C=O) groups excluding carboxylic acids is 1. The SMILES string of the molecule is CC(C)CN1CCN(C(=O)c2ccc(=O)n(-c3ccccc3)n2)CC1. The zero-order valence-electron chi connectivity index (χ0n) is 14.8. The number of hydrogen-bond acceptors (Lipinski definition) is 4. The molecule has 6 heteroatoms. The molecular formula is C19H24N4O2. The summed E-state index contributed by atoms with van der Waals surface area (Å²) in [6, 6.07) is 12.1. The lowest BCUT2D eigenvalue weighted by Crippen LogP contribution is -2.49. The van der Waals surface area contributed by atoms with E-state index in [0.29, 0.717) is 30.4 Å². The van der Waals surface area contributed by atoms with Gasteiger partial charge >= 0.3 is 0 Å². The number of rotatable bonds is 4. The highest BCUT2D eigenvalue weighted by Crippen LogP contribution is 2.09. The number of carbonyl (C=O) groups is 1. The minimum Gasteiger partial charge on any atom is -0.335 e. The second-order valence-electron chi connectivity index (χ2n) is 6.79. The molecule has 3 rings (SSSR count). The van der Waals surface area contributed by atoms with Crippen LogP contribution in [0.4, 0.5) is 0 Å². The van der Waals surface area contributed by atoms with E-state index in [-0.39, 0.29) is 11.5 Å². The number of para-hydroxylation sites is 1. The van der Waals surface area contributed by atoms with Gasteiger partial charge in [-0.3, -0.25) is 14.5 Å². The smallest absolute Gasteiger partial charge is 0.274 e. The maximum Gasteiger partial charge on any atom is 0.274 e. The molecule has 1 amide bonds. The third-order valence-electron chi connectivity index (χ3n) is 4.30. The molecule has 2 aromatic rings. The summed E-state index contributed by atoms with van der Waals surface area (Å²) in [6.07, 6.45) is 0. The molecular weight excluding hydrogens is 316 g/mol. The van der Waals surface area contributed by atoms with Crippen molar-refractivity contribution >= 4 is 5.91 Å². The fraction of sp³-hybridized carbons (Fsp3) is 0.421. The minimum absolute atomic E-state index is 0.117. The molecule has 1 saturated heterocycles. The second kappa shape index (κ2) is 7.61. The maximum absolute atomic E-state index is 12.8. The Morgan fingerprint density at radius 1 is 1.04 bits per heavy atom. The highest BCUT2D eigenvalue weighted by Gasteiger charge is 2.23. The van der Waals surface area contributed by atoms with E-state index in [1.165, 1.54) is 16.8 Å². The second-order valence-corrected chi connectivity index (χ2v) is 6.79. The third-order valence-corrected chi connectivity index (χ3v) is 4.30. The van der Waals surface area contributed by atoms with Gasteiger partial charge in [-0.2, -0.15) is 9.78 Å². The zero-order valence-corrected chi connectivity index (χ0v) is 14.8. The van der Waals surface area contributed by atoms with Crippen molar-refractivity contribution in [2.75, 3.05) is 32.7 Å². The first kappa shape index (κ1) is 17.4. The fourth-order valence-corrected chi connectivity index (χ4v) is 3.09. The van der Waals surface area contributed by atoms with Crippen molar-refractivity contribution in [3.63, 3.8) is 0 Å². The molecule has 0 atom stereocenters. The topological polar surface area (TPSA) is 58.4 Å². The highest BCUT2D eigenvalue weighted by atomic mass is 16.2. The van der Waals surface area contributed by atoms with E-state index >= 15 is 0 Å². The molecule has 0 radical (unpaired) electrons. The highest BCUT2D eigenvalue weighted by molar-refractivity contribution is 5.92. The monoisotopic (exact) mass is 340 g/mol. The molecule has 1 aliphatic heterocycles. The van der Waals surface area contributed by atoms with Crippen LogP contribution in [0.15, 0.2) is 47.3 Å². The van der Waals surface area contributed by atoms with Gasteiger partial charge in [-0.05, 0) is 24.1 Å². The van der Waals surface area contributed by atoms with Crippen LogP contribution in [0.3, 0.4) is 0 Å². The Hall–Kier alpha value is -2.47. The first-order valence-corrected chi connectivity index (χ1v) is 8.72. The number of piperazine rings is 1. The Morgan fingerprint density at radius 2 is 1.72 bits per heavy atom. The lowest BCUT2D eigenvalue weighted by Gasteiger charge is -2.35. The van der Waals surface area contributed by atoms with Gasteiger partial charge in [-0.1, -0.05) is 32.0 Å². The van der Waals surface area contributed by atoms with Gasteiger partial charge in [0.05, 0.1) is 5.69 Å². The van der Waals surface area contributed by atoms with Gasteiger partial charge in [0.2, 0.25) is 0 Å². The van der Waals surface area contributed by atoms with Crippen molar-refractivity contribution in [2.24, 2.45) is 5.92 Å². The summed E-state index contributed by atoms with van der Waals surface area (Å²) in [6.45, 7) is 8.60. The van der Waals surface area contributed by atoms with E-state index in [1.807, 2.05) is 23.1 Å². The third kappa shape index (κ3) is 4.14. The van der Waals surface area contributed by atoms with Gasteiger partial charge < -0.3 is 4.90 Å². The van der Waals surface area contributed by atoms with Crippen LogP contribution in [0.5, 0.6) is 0 Å². The summed E-state index contributed by atoms with van der Waals surface area (Å²) < 4.78 is 1.28. The van der Waals surface area contributed by atoms with Gasteiger partial charge in [0.1, 0.15) is 5.69 Å². The Morgan fingerprint density at radius 3 is 2.36 bits per heavy atom. The lowest BCUT2D eigenvalue weighted by molar-refractivity contribution is 0.0616. The Balaban J connectivity index is 1.74. The molecule has 1 aromatic carbocycles. The number of hydrogen-bond donors (Lipinski definition) is 0. The summed E-state index contributed by atoms with van der Waals surface area (Å²) in [5.74, 6) is 0.507. The van der Waals surface area contributed by atoms with Crippen LogP contribution >= 0.6 is 0 Å². The van der Waals surface area contributed by atoms with Crippen LogP contribution in [0.2, 0.25) is 0 Å². The lowest BCUT2D eigenvalue weighted by atomic mass is 10.2. The van der Waals surface area contributed by atoms with Crippen molar-refractivity contribution in [1.82, 2.24) is 19.6 Å². The zero-order chi connectivity index (χ0) is 17.8. The van der Waals surface area contributed by atoms with Gasteiger partial charge in [0.25, 0.3) is 11.5 Å². The Kier molecular flexibility index (Phi) is 5.28. The molecule has 0 N–H and O–H groups in total. The molecule has 1 aliphatic rings. The Bertz CT molecular complexity index is 778. The van der Waals surface area contributed by atoms with E-state index in [1.54, 1.807) is 12.1 Å². The summed E-state index contributed by atoms with van der Waals surface area (Å²) in [5.41, 5.74) is 0.717. The fourth-order valence-electron chi connectivity index (χ4n) is 3.09. The van der Waals surface area contributed by atoms with E-state index < -0.39 is 0 Å². The van der Waals surface area contributed by atoms with E-state index in [9.17, 15) is 9.59 Å². The summed E-state index contributed by atoms with van der Waals surface area (Å²) in [4.78, 5) is 29.0. The number of nitrogens with zero attached hydrogens (tertiary/aromatic N) is 4. The summed E-state index contributed by atoms with van der Waals surface area (Å²) in [5, 5.41) is 4.28. The quantitative estimate of drug-likeness (QED) is 0.849. The predicted molar refractivity (Wildman–Crippen MR) is 97.0 cm³/mol. The van der Waals surface area contributed by atoms with Crippen LogP contribution in [-0.4, -0.2) is 58.2 Å². The minimum atomic E-state index is -0.246. The van der Waals surface area contributed by atoms with Gasteiger partial charge in [-0.25, -0.2) is 0 Å². The van der Waals surface area contributed by atoms with Crippen LogP contribution in [0.25, 0.3) is 5.69 Å². The average molecular weight is 340 g/mol. The first-order valence-electron chi connectivity index (χ1n) is 8.72. The molecule has 1 fully saturated rings. The summed E-state index contributed by atoms with van der Waals surface area (Å²) in [7, 11) is 0. The molecule has 1 aromatic heterocycles. The first-order chi connectivity index (χ1) is 12.0. The largest absolute Gasteiger partial charge is 0.335 e. The van der Waals surface area contributed by atoms with E-state index in [2.05, 4.69) is 23.8 Å². The number of aromatic nitrogens is 2. The van der Waals surface area contributed by atoms with Crippen LogP contribution in [-0.2, 0) is 0 Å².